The number of carbonyl (C=O) groups excluding carboxylic acids is 1. The van der Waals surface area contributed by atoms with Crippen molar-refractivity contribution in [2.75, 3.05) is 7.11 Å². The van der Waals surface area contributed by atoms with Crippen LogP contribution in [0, 0.1) is 5.82 Å². The summed E-state index contributed by atoms with van der Waals surface area (Å²) in [5.74, 6) is -1.10. The second-order valence-electron chi connectivity index (χ2n) is 4.45. The molecule has 0 aliphatic rings. The minimum Gasteiger partial charge on any atom is -0.493 e. The highest BCUT2D eigenvalue weighted by molar-refractivity contribution is 5.89. The number of hydrogen-bond donors (Lipinski definition) is 0. The molecule has 0 spiro atoms. The number of halogens is 3. The van der Waals surface area contributed by atoms with Crippen LogP contribution in [0.4, 0.5) is 13.2 Å². The maximum absolute atomic E-state index is 12.8. The van der Waals surface area contributed by atoms with E-state index in [-0.39, 0.29) is 23.7 Å². The third kappa shape index (κ3) is 4.64. The number of benzene rings is 2. The summed E-state index contributed by atoms with van der Waals surface area (Å²) in [6.45, 7) is -3.06. The third-order valence-electron chi connectivity index (χ3n) is 2.89. The second-order valence-corrected chi connectivity index (χ2v) is 4.45. The molecule has 2 aromatic carbocycles. The molecule has 2 rings (SSSR count). The topological polar surface area (TPSA) is 44.8 Å². The summed E-state index contributed by atoms with van der Waals surface area (Å²) in [7, 11) is 1.31. The van der Waals surface area contributed by atoms with Gasteiger partial charge in [0.1, 0.15) is 12.4 Å². The van der Waals surface area contributed by atoms with Gasteiger partial charge in [0.2, 0.25) is 0 Å². The normalized spacial score (nSPS) is 10.5. The zero-order valence-corrected chi connectivity index (χ0v) is 12.1. The van der Waals surface area contributed by atoms with Crippen LogP contribution in [0.5, 0.6) is 11.5 Å². The van der Waals surface area contributed by atoms with Crippen LogP contribution < -0.4 is 9.47 Å². The van der Waals surface area contributed by atoms with Crippen molar-refractivity contribution in [2.45, 2.75) is 13.2 Å². The van der Waals surface area contributed by atoms with Gasteiger partial charge in [0, 0.05) is 0 Å². The Morgan fingerprint density at radius 2 is 1.78 bits per heavy atom. The van der Waals surface area contributed by atoms with Gasteiger partial charge in [0.25, 0.3) is 0 Å². The molecule has 122 valence electrons. The highest BCUT2D eigenvalue weighted by Crippen LogP contribution is 2.29. The molecule has 0 bridgehead atoms. The number of carbonyl (C=O) groups is 1. The Morgan fingerprint density at radius 3 is 2.39 bits per heavy atom. The van der Waals surface area contributed by atoms with Crippen molar-refractivity contribution in [2.24, 2.45) is 0 Å². The lowest BCUT2D eigenvalue weighted by Gasteiger charge is -2.11. The Balaban J connectivity index is 2.02. The second kappa shape index (κ2) is 7.53. The van der Waals surface area contributed by atoms with Gasteiger partial charge in [0.05, 0.1) is 12.7 Å². The molecule has 0 radical (unpaired) electrons. The predicted octanol–water partition coefficient (Wildman–Crippen LogP) is 3.79. The highest BCUT2D eigenvalue weighted by Gasteiger charge is 2.12. The Bertz CT molecular complexity index is 672. The standard InChI is InChI=1S/C16H13F3O4/c1-21-14-8-10(2-7-13(14)23-16(18)19)9-22-15(20)11-3-5-12(17)6-4-11/h2-8,16H,9H2,1H3. The van der Waals surface area contributed by atoms with E-state index in [0.29, 0.717) is 5.56 Å². The van der Waals surface area contributed by atoms with Crippen molar-refractivity contribution in [1.82, 2.24) is 0 Å². The van der Waals surface area contributed by atoms with Crippen LogP contribution in [-0.4, -0.2) is 19.7 Å². The molecular weight excluding hydrogens is 313 g/mol. The first-order valence-corrected chi connectivity index (χ1v) is 6.54. The van der Waals surface area contributed by atoms with E-state index in [4.69, 9.17) is 9.47 Å². The molecule has 0 N–H and O–H groups in total. The molecule has 0 saturated heterocycles. The van der Waals surface area contributed by atoms with Crippen LogP contribution in [0.25, 0.3) is 0 Å². The summed E-state index contributed by atoms with van der Waals surface area (Å²) in [5, 5.41) is 0. The molecule has 0 aliphatic carbocycles. The maximum atomic E-state index is 12.8. The molecule has 0 amide bonds. The first kappa shape index (κ1) is 16.7. The van der Waals surface area contributed by atoms with Gasteiger partial charge in [0.15, 0.2) is 11.5 Å². The van der Waals surface area contributed by atoms with Crippen molar-refractivity contribution < 1.29 is 32.2 Å². The van der Waals surface area contributed by atoms with Crippen LogP contribution in [0.1, 0.15) is 15.9 Å². The quantitative estimate of drug-likeness (QED) is 0.758. The fourth-order valence-electron chi connectivity index (χ4n) is 1.81. The van der Waals surface area contributed by atoms with Crippen molar-refractivity contribution in [3.63, 3.8) is 0 Å². The zero-order chi connectivity index (χ0) is 16.8. The van der Waals surface area contributed by atoms with Crippen LogP contribution in [-0.2, 0) is 11.3 Å². The summed E-state index contributed by atoms with van der Waals surface area (Å²) in [6, 6.07) is 9.10. The molecule has 0 aromatic heterocycles. The van der Waals surface area contributed by atoms with Crippen LogP contribution in [0.2, 0.25) is 0 Å². The van der Waals surface area contributed by atoms with E-state index in [2.05, 4.69) is 4.74 Å². The highest BCUT2D eigenvalue weighted by atomic mass is 19.3. The fourth-order valence-corrected chi connectivity index (χ4v) is 1.81. The Labute approximate surface area is 130 Å². The number of esters is 1. The van der Waals surface area contributed by atoms with Gasteiger partial charge in [-0.1, -0.05) is 6.07 Å². The van der Waals surface area contributed by atoms with E-state index in [0.717, 1.165) is 12.1 Å². The fraction of sp³-hybridized carbons (Fsp3) is 0.188. The molecule has 2 aromatic rings. The van der Waals surface area contributed by atoms with Crippen LogP contribution in [0.15, 0.2) is 42.5 Å². The lowest BCUT2D eigenvalue weighted by Crippen LogP contribution is -2.06. The van der Waals surface area contributed by atoms with E-state index < -0.39 is 18.4 Å². The van der Waals surface area contributed by atoms with Crippen molar-refractivity contribution in [3.05, 3.63) is 59.4 Å². The van der Waals surface area contributed by atoms with Crippen molar-refractivity contribution in [1.29, 1.82) is 0 Å². The monoisotopic (exact) mass is 326 g/mol. The van der Waals surface area contributed by atoms with E-state index in [1.165, 1.54) is 37.4 Å². The smallest absolute Gasteiger partial charge is 0.387 e. The average molecular weight is 326 g/mol. The minimum absolute atomic E-state index is 0.0957. The van der Waals surface area contributed by atoms with E-state index in [1.807, 2.05) is 0 Å². The Hall–Kier alpha value is -2.70. The number of methoxy groups -OCH3 is 1. The summed E-state index contributed by atoms with van der Waals surface area (Å²) >= 11 is 0. The molecule has 0 atom stereocenters. The van der Waals surface area contributed by atoms with Gasteiger partial charge in [-0.05, 0) is 42.0 Å². The minimum atomic E-state index is -2.97. The van der Waals surface area contributed by atoms with E-state index in [1.54, 1.807) is 0 Å². The molecule has 0 fully saturated rings. The molecule has 4 nitrogen and oxygen atoms in total. The largest absolute Gasteiger partial charge is 0.493 e. The summed E-state index contributed by atoms with van der Waals surface area (Å²) < 4.78 is 51.6. The van der Waals surface area contributed by atoms with Gasteiger partial charge in [-0.3, -0.25) is 0 Å². The molecular formula is C16H13F3O4. The molecule has 7 heteroatoms. The van der Waals surface area contributed by atoms with Crippen LogP contribution in [0.3, 0.4) is 0 Å². The summed E-state index contributed by atoms with van der Waals surface area (Å²) in [4.78, 5) is 11.8. The van der Waals surface area contributed by atoms with Gasteiger partial charge in [-0.15, -0.1) is 0 Å². The lowest BCUT2D eigenvalue weighted by molar-refractivity contribution is -0.0512. The predicted molar refractivity (Wildman–Crippen MR) is 75.1 cm³/mol. The zero-order valence-electron chi connectivity index (χ0n) is 12.1. The molecule has 0 heterocycles. The van der Waals surface area contributed by atoms with E-state index >= 15 is 0 Å². The first-order chi connectivity index (χ1) is 11.0. The number of alkyl halides is 2. The average Bonchev–Trinajstić information content (AvgIpc) is 2.53. The summed E-state index contributed by atoms with van der Waals surface area (Å²) in [6.07, 6.45) is 0. The molecule has 0 aliphatic heterocycles. The third-order valence-corrected chi connectivity index (χ3v) is 2.89. The number of hydrogen-bond acceptors (Lipinski definition) is 4. The van der Waals surface area contributed by atoms with Crippen LogP contribution >= 0.6 is 0 Å². The Kier molecular flexibility index (Phi) is 5.46. The first-order valence-electron chi connectivity index (χ1n) is 6.54. The number of ether oxygens (including phenoxy) is 3. The molecule has 0 saturated carbocycles. The lowest BCUT2D eigenvalue weighted by atomic mass is 10.2. The Morgan fingerprint density at radius 1 is 1.09 bits per heavy atom. The van der Waals surface area contributed by atoms with E-state index in [9.17, 15) is 18.0 Å². The molecule has 0 unspecified atom stereocenters. The van der Waals surface area contributed by atoms with Gasteiger partial charge >= 0.3 is 12.6 Å². The van der Waals surface area contributed by atoms with Crippen molar-refractivity contribution >= 4 is 5.97 Å². The summed E-state index contributed by atoms with van der Waals surface area (Å²) in [5.41, 5.74) is 0.731. The number of rotatable bonds is 6. The van der Waals surface area contributed by atoms with Gasteiger partial charge < -0.3 is 14.2 Å². The molecule has 23 heavy (non-hydrogen) atoms. The van der Waals surface area contributed by atoms with Gasteiger partial charge in [-0.2, -0.15) is 8.78 Å². The van der Waals surface area contributed by atoms with Crippen molar-refractivity contribution in [3.8, 4) is 11.5 Å². The maximum Gasteiger partial charge on any atom is 0.387 e. The van der Waals surface area contributed by atoms with Gasteiger partial charge in [-0.25, -0.2) is 9.18 Å². The SMILES string of the molecule is COc1cc(COC(=O)c2ccc(F)cc2)ccc1OC(F)F.